The fraction of sp³-hybridized carbons (Fsp3) is 1.00. The fourth-order valence-corrected chi connectivity index (χ4v) is 41.2. The highest BCUT2D eigenvalue weighted by Gasteiger charge is 2.45. The molecule has 0 fully saturated rings. The van der Waals surface area contributed by atoms with Crippen LogP contribution in [-0.2, 0) is 8.85 Å². The molecule has 0 rings (SSSR count). The molecule has 0 amide bonds. The highest BCUT2D eigenvalue weighted by Crippen LogP contribution is 2.49. The van der Waals surface area contributed by atoms with E-state index in [1.807, 2.05) is 14.2 Å². The van der Waals surface area contributed by atoms with Crippen LogP contribution in [0.25, 0.3) is 0 Å². The minimum absolute atomic E-state index is 0.0336. The third-order valence-corrected chi connectivity index (χ3v) is 47.4. The van der Waals surface area contributed by atoms with Crippen molar-refractivity contribution in [2.24, 2.45) is 0 Å². The highest BCUT2D eigenvalue weighted by molar-refractivity contribution is 8.58. The van der Waals surface area contributed by atoms with Crippen LogP contribution in [0.15, 0.2) is 0 Å². The predicted octanol–water partition coefficient (Wildman–Crippen LogP) is 8.90. The van der Waals surface area contributed by atoms with E-state index in [-0.39, 0.29) is 4.78 Å². The van der Waals surface area contributed by atoms with Crippen molar-refractivity contribution in [3.63, 3.8) is 0 Å². The van der Waals surface area contributed by atoms with Gasteiger partial charge >= 0.3 is 0 Å². The Kier molecular flexibility index (Phi) is 15.5. The quantitative estimate of drug-likeness (QED) is 0.0911. The Hall–Kier alpha value is 2.52. The molecule has 12 heteroatoms. The van der Waals surface area contributed by atoms with E-state index in [1.54, 1.807) is 0 Å². The summed E-state index contributed by atoms with van der Waals surface area (Å²) in [4.78, 5) is 10.8. The molecule has 0 aromatic heterocycles. The molecule has 0 aliphatic carbocycles. The van der Waals surface area contributed by atoms with Crippen molar-refractivity contribution in [1.29, 1.82) is 0 Å². The van der Waals surface area contributed by atoms with Gasteiger partial charge in [0.05, 0.1) is 8.07 Å². The molecule has 0 radical (unpaired) electrons. The molecule has 4 unspecified atom stereocenters. The highest BCUT2D eigenvalue weighted by atomic mass is 32.6. The zero-order chi connectivity index (χ0) is 28.0. The van der Waals surface area contributed by atoms with Gasteiger partial charge in [0.15, 0.2) is 14.7 Å². The lowest BCUT2D eigenvalue weighted by molar-refractivity contribution is 0.415. The lowest BCUT2D eigenvalue weighted by Gasteiger charge is -2.42. The van der Waals surface area contributed by atoms with Gasteiger partial charge in [0, 0.05) is 14.2 Å². The van der Waals surface area contributed by atoms with Gasteiger partial charge in [0.1, 0.15) is 0 Å². The first-order valence-electron chi connectivity index (χ1n) is 13.1. The average molecular weight is 651 g/mol. The van der Waals surface area contributed by atoms with Crippen LogP contribution in [0.3, 0.4) is 0 Å². The zero-order valence-electron chi connectivity index (χ0n) is 25.8. The van der Waals surface area contributed by atoms with Crippen LogP contribution >= 0.6 is 38.7 Å². The van der Waals surface area contributed by atoms with E-state index < -0.39 is 38.7 Å². The van der Waals surface area contributed by atoms with E-state index in [4.69, 9.17) is 8.85 Å². The SMILES string of the molecule is CO[Si](C)(CCCS[Si](C)(C)SCCC[Si](C)(OC)PC(C)(C)[Si](C)(C)O)PC(C)(C)[Si](C)(C)C. The molecule has 0 saturated heterocycles. The first-order chi connectivity index (χ1) is 15.4. The van der Waals surface area contributed by atoms with Crippen LogP contribution in [0.2, 0.25) is 71.0 Å². The van der Waals surface area contributed by atoms with E-state index in [0.29, 0.717) is 4.78 Å². The van der Waals surface area contributed by atoms with Crippen LogP contribution in [0, 0.1) is 0 Å². The second-order valence-electron chi connectivity index (χ2n) is 13.5. The van der Waals surface area contributed by atoms with Crippen molar-refractivity contribution in [3.8, 4) is 0 Å². The van der Waals surface area contributed by atoms with Crippen molar-refractivity contribution in [1.82, 2.24) is 0 Å². The maximum absolute atomic E-state index is 10.8. The van der Waals surface area contributed by atoms with Gasteiger partial charge in [-0.15, -0.1) is 16.3 Å². The second-order valence-corrected chi connectivity index (χ2v) is 55.0. The van der Waals surface area contributed by atoms with Gasteiger partial charge in [0.2, 0.25) is 16.0 Å². The molecule has 0 bridgehead atoms. The Balaban J connectivity index is 4.61. The Morgan fingerprint density at radius 3 is 1.29 bits per heavy atom. The van der Waals surface area contributed by atoms with Gasteiger partial charge in [-0.05, 0) is 72.2 Å². The summed E-state index contributed by atoms with van der Waals surface area (Å²) in [5, 5.41) is 0. The Morgan fingerprint density at radius 1 is 0.657 bits per heavy atom. The molecule has 4 atom stereocenters. The van der Waals surface area contributed by atoms with Gasteiger partial charge in [-0.25, -0.2) is 0 Å². The van der Waals surface area contributed by atoms with Crippen molar-refractivity contribution in [2.45, 2.75) is 121 Å². The lowest BCUT2D eigenvalue weighted by atomic mass is 10.5. The van der Waals surface area contributed by atoms with Crippen molar-refractivity contribution >= 4 is 77.4 Å². The summed E-state index contributed by atoms with van der Waals surface area (Å²) in [6.45, 7) is 31.1. The third kappa shape index (κ3) is 13.6. The zero-order valence-corrected chi connectivity index (χ0v) is 34.5. The predicted molar refractivity (Wildman–Crippen MR) is 186 cm³/mol. The molecule has 0 aromatic rings. The molecule has 212 valence electrons. The van der Waals surface area contributed by atoms with Gasteiger partial charge in [0.25, 0.3) is 0 Å². The van der Waals surface area contributed by atoms with Crippen LogP contribution in [-0.4, -0.2) is 78.8 Å². The molecule has 3 nitrogen and oxygen atoms in total. The molecule has 35 heavy (non-hydrogen) atoms. The first-order valence-corrected chi connectivity index (χ1v) is 35.2. The van der Waals surface area contributed by atoms with E-state index >= 15 is 0 Å². The molecular weight excluding hydrogens is 591 g/mol. The first kappa shape index (κ1) is 37.5. The van der Waals surface area contributed by atoms with Gasteiger partial charge in [-0.2, -0.15) is 22.4 Å². The minimum atomic E-state index is -2.18. The van der Waals surface area contributed by atoms with Crippen molar-refractivity contribution in [3.05, 3.63) is 0 Å². The Labute approximate surface area is 236 Å². The smallest absolute Gasteiger partial charge is 0.212 e. The third-order valence-electron chi connectivity index (χ3n) is 7.96. The molecule has 0 aliphatic heterocycles. The summed E-state index contributed by atoms with van der Waals surface area (Å²) in [7, 11) is -1.13. The summed E-state index contributed by atoms with van der Waals surface area (Å²) in [6.07, 6.45) is 1.24. The normalized spacial score (nSPS) is 18.5. The lowest BCUT2D eigenvalue weighted by Crippen LogP contribution is -2.50. The number of hydrogen-bond acceptors (Lipinski definition) is 5. The molecule has 0 aromatic carbocycles. The van der Waals surface area contributed by atoms with E-state index in [0.717, 1.165) is 16.3 Å². The second kappa shape index (κ2) is 14.4. The van der Waals surface area contributed by atoms with Gasteiger partial charge in [-0.3, -0.25) is 0 Å². The molecule has 0 saturated carbocycles. The van der Waals surface area contributed by atoms with Crippen molar-refractivity contribution in [2.75, 3.05) is 25.7 Å². The van der Waals surface area contributed by atoms with Gasteiger partial charge in [-0.1, -0.05) is 60.4 Å². The average Bonchev–Trinajstić information content (AvgIpc) is 2.66. The summed E-state index contributed by atoms with van der Waals surface area (Å²) in [5.74, 6) is 2.53. The number of rotatable bonds is 18. The molecule has 0 aliphatic rings. The standard InChI is InChI=1S/C23H60O3P2S2Si5/c1-22(2,31(7,8)9)27-34(14,25-5)20-16-18-29-33(12,13)30-19-17-21-35(15,26-6)28-23(3,4)32(10,11)24/h24,27-28H,16-21H2,1-15H3. The van der Waals surface area contributed by atoms with Crippen molar-refractivity contribution < 1.29 is 13.6 Å². The summed E-state index contributed by atoms with van der Waals surface area (Å²) < 4.78 is 12.9. The van der Waals surface area contributed by atoms with Gasteiger partial charge < -0.3 is 13.6 Å². The minimum Gasteiger partial charge on any atom is -0.431 e. The van der Waals surface area contributed by atoms with E-state index in [9.17, 15) is 4.80 Å². The summed E-state index contributed by atoms with van der Waals surface area (Å²) >= 11 is 4.51. The van der Waals surface area contributed by atoms with Crippen LogP contribution in [0.4, 0.5) is 0 Å². The molecule has 1 N–H and O–H groups in total. The molecular formula is C23H60O3P2S2Si5. The topological polar surface area (TPSA) is 38.7 Å². The maximum Gasteiger partial charge on any atom is 0.212 e. The van der Waals surface area contributed by atoms with E-state index in [1.165, 1.54) is 36.4 Å². The summed E-state index contributed by atoms with van der Waals surface area (Å²) in [5.41, 5.74) is 0. The fourth-order valence-electron chi connectivity index (χ4n) is 3.59. The Bertz CT molecular complexity index is 594. The van der Waals surface area contributed by atoms with Crippen LogP contribution in [0.5, 0.6) is 0 Å². The Morgan fingerprint density at radius 2 is 1.00 bits per heavy atom. The van der Waals surface area contributed by atoms with Crippen LogP contribution in [0.1, 0.15) is 40.5 Å². The molecule has 0 heterocycles. The maximum atomic E-state index is 10.8. The van der Waals surface area contributed by atoms with Crippen LogP contribution < -0.4 is 0 Å². The summed E-state index contributed by atoms with van der Waals surface area (Å²) in [6, 6.07) is 2.51. The molecule has 0 spiro atoms. The number of hydrogen-bond donors (Lipinski definition) is 1. The largest absolute Gasteiger partial charge is 0.431 e. The van der Waals surface area contributed by atoms with E-state index in [2.05, 4.69) is 109 Å². The monoisotopic (exact) mass is 650 g/mol.